The topological polar surface area (TPSA) is 82.0 Å². The van der Waals surface area contributed by atoms with Gasteiger partial charge < -0.3 is 15.3 Å². The number of hydrogen-bond acceptors (Lipinski definition) is 4. The third-order valence-corrected chi connectivity index (χ3v) is 6.67. The van der Waals surface area contributed by atoms with Crippen molar-refractivity contribution in [3.63, 3.8) is 0 Å². The summed E-state index contributed by atoms with van der Waals surface area (Å²) in [6.07, 6.45) is 0.531. The molecule has 0 saturated carbocycles. The standard InChI is InChI=1S/C28H28BrN3O3/c1-3-32(2)17-19-6-12-22(13-7-19)30-27(20-9-4-18(5-10-20)8-15-25(33)34)26-23-14-11-21(29)16-24(23)31-28(26)35/h4-7,9-14,16,26H,3,8,15,17H2,1-2H3,(H,31,35)(H,33,34). The number of amides is 1. The summed E-state index contributed by atoms with van der Waals surface area (Å²) in [5.74, 6) is -1.49. The van der Waals surface area contributed by atoms with E-state index in [0.717, 1.165) is 45.6 Å². The van der Waals surface area contributed by atoms with E-state index in [1.54, 1.807) is 0 Å². The van der Waals surface area contributed by atoms with E-state index in [4.69, 9.17) is 10.1 Å². The Hall–Kier alpha value is -3.29. The molecule has 1 aliphatic heterocycles. The second-order valence-corrected chi connectivity index (χ2v) is 9.65. The summed E-state index contributed by atoms with van der Waals surface area (Å²) in [6, 6.07) is 21.5. The molecule has 0 aliphatic carbocycles. The summed E-state index contributed by atoms with van der Waals surface area (Å²) in [5, 5.41) is 12.0. The zero-order valence-corrected chi connectivity index (χ0v) is 21.4. The van der Waals surface area contributed by atoms with Crippen LogP contribution in [-0.2, 0) is 22.6 Å². The summed E-state index contributed by atoms with van der Waals surface area (Å²) < 4.78 is 0.895. The predicted molar refractivity (Wildman–Crippen MR) is 143 cm³/mol. The number of fused-ring (bicyclic) bond motifs is 1. The Balaban J connectivity index is 1.72. The zero-order chi connectivity index (χ0) is 24.9. The minimum absolute atomic E-state index is 0.0765. The smallest absolute Gasteiger partial charge is 0.303 e. The molecule has 7 heteroatoms. The van der Waals surface area contributed by atoms with Gasteiger partial charge in [-0.3, -0.25) is 14.6 Å². The van der Waals surface area contributed by atoms with E-state index >= 15 is 0 Å². The fourth-order valence-corrected chi connectivity index (χ4v) is 4.49. The molecule has 3 aromatic carbocycles. The second-order valence-electron chi connectivity index (χ2n) is 8.74. The highest BCUT2D eigenvalue weighted by Gasteiger charge is 2.35. The van der Waals surface area contributed by atoms with E-state index in [-0.39, 0.29) is 12.3 Å². The Morgan fingerprint density at radius 2 is 1.74 bits per heavy atom. The number of halogens is 1. The number of hydrogen-bond donors (Lipinski definition) is 2. The van der Waals surface area contributed by atoms with Gasteiger partial charge in [-0.15, -0.1) is 0 Å². The van der Waals surface area contributed by atoms with E-state index in [1.165, 1.54) is 5.56 Å². The van der Waals surface area contributed by atoms with Crippen LogP contribution in [0.15, 0.2) is 76.2 Å². The Kier molecular flexibility index (Phi) is 7.78. The highest BCUT2D eigenvalue weighted by molar-refractivity contribution is 9.10. The summed E-state index contributed by atoms with van der Waals surface area (Å²) >= 11 is 3.48. The Bertz CT molecular complexity index is 1250. The molecular formula is C28H28BrN3O3. The SMILES string of the molecule is CCN(C)Cc1ccc(N=C(c2ccc(CCC(=O)O)cc2)C2C(=O)Nc3cc(Br)ccc32)cc1. The average Bonchev–Trinajstić information content (AvgIpc) is 3.17. The second kappa shape index (κ2) is 11.0. The van der Waals surface area contributed by atoms with Crippen molar-refractivity contribution in [3.8, 4) is 0 Å². The number of carbonyl (C=O) groups is 2. The first-order valence-electron chi connectivity index (χ1n) is 11.6. The van der Waals surface area contributed by atoms with Crippen LogP contribution in [0.5, 0.6) is 0 Å². The van der Waals surface area contributed by atoms with Crippen molar-refractivity contribution in [2.45, 2.75) is 32.2 Å². The van der Waals surface area contributed by atoms with Gasteiger partial charge in [0.1, 0.15) is 5.92 Å². The van der Waals surface area contributed by atoms with Gasteiger partial charge in [-0.1, -0.05) is 65.3 Å². The van der Waals surface area contributed by atoms with E-state index in [1.807, 2.05) is 54.6 Å². The lowest BCUT2D eigenvalue weighted by atomic mass is 9.90. The van der Waals surface area contributed by atoms with Crippen molar-refractivity contribution in [2.24, 2.45) is 4.99 Å². The molecule has 0 radical (unpaired) electrons. The van der Waals surface area contributed by atoms with Crippen molar-refractivity contribution >= 4 is 44.9 Å². The molecule has 2 N–H and O–H groups in total. The van der Waals surface area contributed by atoms with Gasteiger partial charge in [0.2, 0.25) is 5.91 Å². The number of aliphatic imine (C=N–C) groups is 1. The number of carboxylic acid groups (broad SMARTS) is 1. The van der Waals surface area contributed by atoms with Crippen LogP contribution in [0.3, 0.4) is 0 Å². The van der Waals surface area contributed by atoms with E-state index in [2.05, 4.69) is 52.3 Å². The number of carboxylic acids is 1. The molecule has 180 valence electrons. The third-order valence-electron chi connectivity index (χ3n) is 6.18. The molecule has 1 heterocycles. The van der Waals surface area contributed by atoms with Crippen LogP contribution in [0.25, 0.3) is 0 Å². The molecule has 4 rings (SSSR count). The van der Waals surface area contributed by atoms with Crippen LogP contribution in [0.2, 0.25) is 0 Å². The van der Waals surface area contributed by atoms with Crippen LogP contribution in [-0.4, -0.2) is 41.2 Å². The van der Waals surface area contributed by atoms with Gasteiger partial charge in [0.25, 0.3) is 0 Å². The molecular weight excluding hydrogens is 506 g/mol. The lowest BCUT2D eigenvalue weighted by Gasteiger charge is -2.15. The lowest BCUT2D eigenvalue weighted by Crippen LogP contribution is -2.22. The van der Waals surface area contributed by atoms with Crippen molar-refractivity contribution < 1.29 is 14.7 Å². The number of carbonyl (C=O) groups excluding carboxylic acids is 1. The molecule has 1 unspecified atom stereocenters. The molecule has 1 atom stereocenters. The molecule has 1 aliphatic rings. The van der Waals surface area contributed by atoms with Crippen molar-refractivity contribution in [2.75, 3.05) is 18.9 Å². The molecule has 0 bridgehead atoms. The van der Waals surface area contributed by atoms with Crippen LogP contribution in [0, 0.1) is 0 Å². The first-order chi connectivity index (χ1) is 16.8. The van der Waals surface area contributed by atoms with Gasteiger partial charge in [0, 0.05) is 23.1 Å². The maximum absolute atomic E-state index is 13.1. The van der Waals surface area contributed by atoms with Gasteiger partial charge in [-0.2, -0.15) is 0 Å². The minimum atomic E-state index is -0.824. The minimum Gasteiger partial charge on any atom is -0.481 e. The lowest BCUT2D eigenvalue weighted by molar-refractivity contribution is -0.137. The van der Waals surface area contributed by atoms with Gasteiger partial charge in [-0.25, -0.2) is 0 Å². The van der Waals surface area contributed by atoms with Gasteiger partial charge in [0.05, 0.1) is 11.4 Å². The number of nitrogens with zero attached hydrogens (tertiary/aromatic N) is 2. The maximum atomic E-state index is 13.1. The van der Waals surface area contributed by atoms with Gasteiger partial charge >= 0.3 is 5.97 Å². The fourth-order valence-electron chi connectivity index (χ4n) is 4.13. The van der Waals surface area contributed by atoms with Gasteiger partial charge in [0.15, 0.2) is 0 Å². The largest absolute Gasteiger partial charge is 0.481 e. The molecule has 35 heavy (non-hydrogen) atoms. The van der Waals surface area contributed by atoms with Crippen LogP contribution in [0.1, 0.15) is 41.5 Å². The molecule has 6 nitrogen and oxygen atoms in total. The van der Waals surface area contributed by atoms with E-state index in [9.17, 15) is 9.59 Å². The van der Waals surface area contributed by atoms with Gasteiger partial charge in [-0.05, 0) is 66.5 Å². The molecule has 0 fully saturated rings. The molecule has 0 saturated heterocycles. The normalized spacial score (nSPS) is 15.3. The number of aryl methyl sites for hydroxylation is 1. The van der Waals surface area contributed by atoms with Crippen molar-refractivity contribution in [1.82, 2.24) is 4.90 Å². The van der Waals surface area contributed by atoms with E-state index in [0.29, 0.717) is 12.1 Å². The monoisotopic (exact) mass is 533 g/mol. The van der Waals surface area contributed by atoms with Crippen molar-refractivity contribution in [3.05, 3.63) is 93.5 Å². The molecule has 3 aromatic rings. The summed E-state index contributed by atoms with van der Waals surface area (Å²) in [6.45, 7) is 3.96. The van der Waals surface area contributed by atoms with Crippen molar-refractivity contribution in [1.29, 1.82) is 0 Å². The summed E-state index contributed by atoms with van der Waals surface area (Å²) in [7, 11) is 2.08. The Morgan fingerprint density at radius 1 is 1.06 bits per heavy atom. The number of benzene rings is 3. The molecule has 0 spiro atoms. The van der Waals surface area contributed by atoms with Crippen LogP contribution < -0.4 is 5.32 Å². The predicted octanol–water partition coefficient (Wildman–Crippen LogP) is 5.77. The highest BCUT2D eigenvalue weighted by Crippen LogP contribution is 2.38. The Labute approximate surface area is 213 Å². The highest BCUT2D eigenvalue weighted by atomic mass is 79.9. The zero-order valence-electron chi connectivity index (χ0n) is 19.8. The quantitative estimate of drug-likeness (QED) is 0.342. The third kappa shape index (κ3) is 6.05. The number of aliphatic carboxylic acids is 1. The Morgan fingerprint density at radius 3 is 2.40 bits per heavy atom. The maximum Gasteiger partial charge on any atom is 0.303 e. The summed E-state index contributed by atoms with van der Waals surface area (Å²) in [4.78, 5) is 31.2. The van der Waals surface area contributed by atoms with Crippen LogP contribution >= 0.6 is 15.9 Å². The number of rotatable bonds is 9. The first kappa shape index (κ1) is 24.8. The molecule has 0 aromatic heterocycles. The van der Waals surface area contributed by atoms with E-state index < -0.39 is 11.9 Å². The average molecular weight is 534 g/mol. The number of anilines is 1. The molecule has 1 amide bonds. The summed E-state index contributed by atoms with van der Waals surface area (Å²) in [5.41, 5.74) is 6.05. The fraction of sp³-hybridized carbons (Fsp3) is 0.250. The number of nitrogens with one attached hydrogen (secondary N) is 1. The first-order valence-corrected chi connectivity index (χ1v) is 12.4. The van der Waals surface area contributed by atoms with Crippen LogP contribution in [0.4, 0.5) is 11.4 Å².